The normalized spacial score (nSPS) is 17.0. The number of aliphatic hydroxyl groups excluding tert-OH is 1. The highest BCUT2D eigenvalue weighted by atomic mass is 16.3. The summed E-state index contributed by atoms with van der Waals surface area (Å²) in [6, 6.07) is 5.32. The minimum atomic E-state index is -0.125. The summed E-state index contributed by atoms with van der Waals surface area (Å²) in [5, 5.41) is 25.3. The first-order valence-electron chi connectivity index (χ1n) is 6.17. The first kappa shape index (κ1) is 12.2. The molecule has 0 spiro atoms. The fraction of sp³-hybridized carbons (Fsp3) is 0.538. The molecule has 0 aliphatic carbocycles. The average Bonchev–Trinajstić information content (AvgIpc) is 2.38. The number of piperidine rings is 1. The highest BCUT2D eigenvalue weighted by molar-refractivity contribution is 5.51. The highest BCUT2D eigenvalue weighted by Crippen LogP contribution is 2.22. The quantitative estimate of drug-likeness (QED) is 0.636. The van der Waals surface area contributed by atoms with Crippen LogP contribution in [0, 0.1) is 5.92 Å². The van der Waals surface area contributed by atoms with Gasteiger partial charge in [-0.15, -0.1) is 0 Å². The lowest BCUT2D eigenvalue weighted by atomic mass is 9.98. The van der Waals surface area contributed by atoms with Gasteiger partial charge in [-0.3, -0.25) is 0 Å². The molecule has 1 heterocycles. The number of anilines is 1. The van der Waals surface area contributed by atoms with Gasteiger partial charge in [-0.2, -0.15) is 0 Å². The molecule has 1 fully saturated rings. The van der Waals surface area contributed by atoms with Gasteiger partial charge in [0, 0.05) is 23.9 Å². The van der Waals surface area contributed by atoms with E-state index in [9.17, 15) is 5.11 Å². The lowest BCUT2D eigenvalue weighted by molar-refractivity contribution is 0.275. The summed E-state index contributed by atoms with van der Waals surface area (Å²) in [6.07, 6.45) is 2.40. The van der Waals surface area contributed by atoms with Crippen molar-refractivity contribution in [3.63, 3.8) is 0 Å². The zero-order valence-electron chi connectivity index (χ0n) is 9.95. The fourth-order valence-electron chi connectivity index (χ4n) is 2.16. The second kappa shape index (κ2) is 5.89. The molecule has 17 heavy (non-hydrogen) atoms. The van der Waals surface area contributed by atoms with Crippen molar-refractivity contribution in [2.45, 2.75) is 19.4 Å². The van der Waals surface area contributed by atoms with Crippen LogP contribution in [0.25, 0.3) is 0 Å². The predicted octanol–water partition coefficient (Wildman–Crippen LogP) is 1.30. The SMILES string of the molecule is OCc1ccc(NCC2CCNCC2)cc1O. The summed E-state index contributed by atoms with van der Waals surface area (Å²) in [4.78, 5) is 0. The van der Waals surface area contributed by atoms with Gasteiger partial charge in [-0.1, -0.05) is 6.07 Å². The molecule has 4 N–H and O–H groups in total. The van der Waals surface area contributed by atoms with Gasteiger partial charge in [0.2, 0.25) is 0 Å². The fourth-order valence-corrected chi connectivity index (χ4v) is 2.16. The summed E-state index contributed by atoms with van der Waals surface area (Å²) < 4.78 is 0. The molecule has 1 aliphatic rings. The largest absolute Gasteiger partial charge is 0.508 e. The number of hydrogen-bond acceptors (Lipinski definition) is 4. The Morgan fingerprint density at radius 1 is 1.29 bits per heavy atom. The number of phenols is 1. The molecule has 94 valence electrons. The van der Waals surface area contributed by atoms with E-state index in [-0.39, 0.29) is 12.4 Å². The van der Waals surface area contributed by atoms with Gasteiger partial charge < -0.3 is 20.8 Å². The van der Waals surface area contributed by atoms with Crippen LogP contribution in [0.2, 0.25) is 0 Å². The Balaban J connectivity index is 1.87. The molecule has 4 nitrogen and oxygen atoms in total. The Morgan fingerprint density at radius 2 is 2.06 bits per heavy atom. The predicted molar refractivity (Wildman–Crippen MR) is 68.1 cm³/mol. The van der Waals surface area contributed by atoms with E-state index in [0.717, 1.165) is 25.3 Å². The molecule has 0 unspecified atom stereocenters. The summed E-state index contributed by atoms with van der Waals surface area (Å²) in [5.41, 5.74) is 1.48. The summed E-state index contributed by atoms with van der Waals surface area (Å²) >= 11 is 0. The Kier molecular flexibility index (Phi) is 4.23. The zero-order valence-corrected chi connectivity index (χ0v) is 9.95. The van der Waals surface area contributed by atoms with E-state index >= 15 is 0 Å². The lowest BCUT2D eigenvalue weighted by Crippen LogP contribution is -2.31. The van der Waals surface area contributed by atoms with Crippen molar-refractivity contribution < 1.29 is 10.2 Å². The molecule has 2 rings (SSSR count). The van der Waals surface area contributed by atoms with E-state index in [0.29, 0.717) is 11.5 Å². The van der Waals surface area contributed by atoms with E-state index in [4.69, 9.17) is 5.11 Å². The molecule has 0 aromatic heterocycles. The lowest BCUT2D eigenvalue weighted by Gasteiger charge is -2.23. The number of aliphatic hydroxyl groups is 1. The van der Waals surface area contributed by atoms with Crippen LogP contribution in [-0.4, -0.2) is 29.8 Å². The molecule has 1 saturated heterocycles. The van der Waals surface area contributed by atoms with Crippen molar-refractivity contribution in [2.75, 3.05) is 25.0 Å². The molecule has 0 atom stereocenters. The molecule has 0 amide bonds. The molecule has 0 radical (unpaired) electrons. The topological polar surface area (TPSA) is 64.5 Å². The van der Waals surface area contributed by atoms with Gasteiger partial charge in [-0.05, 0) is 37.9 Å². The van der Waals surface area contributed by atoms with Crippen molar-refractivity contribution in [3.05, 3.63) is 23.8 Å². The first-order chi connectivity index (χ1) is 8.29. The Bertz CT molecular complexity index is 362. The number of hydrogen-bond donors (Lipinski definition) is 4. The van der Waals surface area contributed by atoms with Crippen molar-refractivity contribution in [2.24, 2.45) is 5.92 Å². The van der Waals surface area contributed by atoms with Crippen LogP contribution in [0.3, 0.4) is 0 Å². The Morgan fingerprint density at radius 3 is 2.71 bits per heavy atom. The summed E-state index contributed by atoms with van der Waals surface area (Å²) in [7, 11) is 0. The third-order valence-electron chi connectivity index (χ3n) is 3.31. The molecule has 4 heteroatoms. The van der Waals surface area contributed by atoms with Crippen LogP contribution in [0.4, 0.5) is 5.69 Å². The number of nitrogens with one attached hydrogen (secondary N) is 2. The van der Waals surface area contributed by atoms with Gasteiger partial charge >= 0.3 is 0 Å². The summed E-state index contributed by atoms with van der Waals surface area (Å²) in [5.74, 6) is 0.860. The summed E-state index contributed by atoms with van der Waals surface area (Å²) in [6.45, 7) is 3.02. The van der Waals surface area contributed by atoms with Gasteiger partial charge in [-0.25, -0.2) is 0 Å². The van der Waals surface area contributed by atoms with Gasteiger partial charge in [0.25, 0.3) is 0 Å². The third kappa shape index (κ3) is 3.35. The molecular formula is C13H20N2O2. The Hall–Kier alpha value is -1.26. The van der Waals surface area contributed by atoms with Crippen molar-refractivity contribution >= 4 is 5.69 Å². The molecule has 0 bridgehead atoms. The van der Waals surface area contributed by atoms with Gasteiger partial charge in [0.15, 0.2) is 0 Å². The van der Waals surface area contributed by atoms with Crippen molar-refractivity contribution in [1.82, 2.24) is 5.32 Å². The molecule has 1 aromatic rings. The minimum Gasteiger partial charge on any atom is -0.508 e. The number of aromatic hydroxyl groups is 1. The van der Waals surface area contributed by atoms with E-state index in [1.807, 2.05) is 6.07 Å². The first-order valence-corrected chi connectivity index (χ1v) is 6.17. The monoisotopic (exact) mass is 236 g/mol. The van der Waals surface area contributed by atoms with Gasteiger partial charge in [0.1, 0.15) is 5.75 Å². The van der Waals surface area contributed by atoms with E-state index in [2.05, 4.69) is 10.6 Å². The highest BCUT2D eigenvalue weighted by Gasteiger charge is 2.12. The maximum absolute atomic E-state index is 9.62. The standard InChI is InChI=1S/C13H20N2O2/c16-9-11-1-2-12(7-13(11)17)15-8-10-3-5-14-6-4-10/h1-2,7,10,14-17H,3-6,8-9H2. The van der Waals surface area contributed by atoms with Crippen LogP contribution in [0.1, 0.15) is 18.4 Å². The third-order valence-corrected chi connectivity index (χ3v) is 3.31. The number of benzene rings is 1. The minimum absolute atomic E-state index is 0.125. The smallest absolute Gasteiger partial charge is 0.123 e. The molecular weight excluding hydrogens is 216 g/mol. The number of rotatable bonds is 4. The zero-order chi connectivity index (χ0) is 12.1. The molecule has 1 aliphatic heterocycles. The maximum Gasteiger partial charge on any atom is 0.123 e. The van der Waals surface area contributed by atoms with Crippen LogP contribution >= 0.6 is 0 Å². The second-order valence-corrected chi connectivity index (χ2v) is 4.58. The maximum atomic E-state index is 9.62. The second-order valence-electron chi connectivity index (χ2n) is 4.58. The van der Waals surface area contributed by atoms with Crippen LogP contribution in [0.15, 0.2) is 18.2 Å². The molecule has 1 aromatic carbocycles. The van der Waals surface area contributed by atoms with Crippen molar-refractivity contribution in [3.8, 4) is 5.75 Å². The van der Waals surface area contributed by atoms with Crippen molar-refractivity contribution in [1.29, 1.82) is 0 Å². The van der Waals surface area contributed by atoms with Gasteiger partial charge in [0.05, 0.1) is 6.61 Å². The van der Waals surface area contributed by atoms with E-state index in [1.165, 1.54) is 12.8 Å². The Labute approximate surface area is 102 Å². The molecule has 0 saturated carbocycles. The van der Waals surface area contributed by atoms with Crippen LogP contribution in [0.5, 0.6) is 5.75 Å². The van der Waals surface area contributed by atoms with Crippen LogP contribution in [-0.2, 0) is 6.61 Å². The van der Waals surface area contributed by atoms with E-state index < -0.39 is 0 Å². The van der Waals surface area contributed by atoms with E-state index in [1.54, 1.807) is 12.1 Å². The van der Waals surface area contributed by atoms with Crippen LogP contribution < -0.4 is 10.6 Å². The average molecular weight is 236 g/mol.